The zero-order valence-electron chi connectivity index (χ0n) is 18.7. The summed E-state index contributed by atoms with van der Waals surface area (Å²) in [5, 5.41) is 5.63. The topological polar surface area (TPSA) is 12.4 Å². The molecule has 4 aromatic rings. The molecule has 0 atom stereocenters. The van der Waals surface area contributed by atoms with Crippen molar-refractivity contribution in [3.63, 3.8) is 0 Å². The highest BCUT2D eigenvalue weighted by Crippen LogP contribution is 2.57. The van der Waals surface area contributed by atoms with Gasteiger partial charge in [0, 0.05) is 19.5 Å². The molecule has 0 fully saturated rings. The molecule has 0 heterocycles. The van der Waals surface area contributed by atoms with Crippen LogP contribution in [0.2, 0.25) is 0 Å². The van der Waals surface area contributed by atoms with Gasteiger partial charge in [0.05, 0.1) is 0 Å². The van der Waals surface area contributed by atoms with E-state index in [0.29, 0.717) is 0 Å². The zero-order chi connectivity index (χ0) is 22.1. The van der Waals surface area contributed by atoms with Crippen molar-refractivity contribution >= 4 is 36.2 Å². The number of unbranched alkanes of at least 4 members (excludes halogenated alkanes) is 1. The molecule has 0 amide bonds. The van der Waals surface area contributed by atoms with Crippen molar-refractivity contribution in [2.75, 3.05) is 12.4 Å². The van der Waals surface area contributed by atoms with Gasteiger partial charge in [-0.1, -0.05) is 135 Å². The number of nitrogens with zero attached hydrogens (tertiary/aromatic N) is 1. The minimum absolute atomic E-state index is 0.551. The Morgan fingerprint density at radius 2 is 1.00 bits per heavy atom. The average Bonchev–Trinajstić information content (AvgIpc) is 2.88. The first kappa shape index (κ1) is 22.7. The normalized spacial score (nSPS) is 11.4. The van der Waals surface area contributed by atoms with E-state index in [4.69, 9.17) is 4.74 Å². The van der Waals surface area contributed by atoms with Crippen LogP contribution in [0.4, 0.5) is 0 Å². The second-order valence-electron chi connectivity index (χ2n) is 7.90. The Balaban J connectivity index is 1.93. The second-order valence-corrected chi connectivity index (χ2v) is 13.8. The average molecular weight is 456 g/mol. The van der Waals surface area contributed by atoms with Crippen LogP contribution in [0.1, 0.15) is 19.8 Å². The van der Waals surface area contributed by atoms with E-state index in [0.717, 1.165) is 18.9 Å². The molecular formula is C29H31NP2. The molecule has 162 valence electrons. The molecule has 0 saturated heterocycles. The Labute approximate surface area is 194 Å². The summed E-state index contributed by atoms with van der Waals surface area (Å²) < 4.78 is 5.60. The van der Waals surface area contributed by atoms with Crippen LogP contribution in [0.5, 0.6) is 0 Å². The van der Waals surface area contributed by atoms with E-state index in [-0.39, 0.29) is 0 Å². The third-order valence-electron chi connectivity index (χ3n) is 5.70. The SMILES string of the molecule is CCCCN=P(CP(c1ccccc1)c1ccccc1)(c1ccccc1)c1ccccc1. The Morgan fingerprint density at radius 1 is 0.594 bits per heavy atom. The standard InChI is InChI=1S/C29H31NP2/c1-2-3-24-30-32(28-20-12-6-13-21-28,29-22-14-7-15-23-29)25-31(26-16-8-4-9-17-26)27-18-10-5-11-19-27/h4-23H,2-3,24-25H2,1H3. The Kier molecular flexibility index (Phi) is 8.11. The molecule has 0 aliphatic rings. The van der Waals surface area contributed by atoms with Crippen LogP contribution < -0.4 is 21.2 Å². The molecule has 0 radical (unpaired) electrons. The van der Waals surface area contributed by atoms with Gasteiger partial charge in [-0.05, 0) is 35.6 Å². The van der Waals surface area contributed by atoms with Crippen LogP contribution in [-0.4, -0.2) is 12.4 Å². The monoisotopic (exact) mass is 455 g/mol. The van der Waals surface area contributed by atoms with Crippen molar-refractivity contribution in [1.29, 1.82) is 0 Å². The molecule has 4 aromatic carbocycles. The van der Waals surface area contributed by atoms with Gasteiger partial charge >= 0.3 is 0 Å². The third-order valence-corrected chi connectivity index (χ3v) is 13.3. The van der Waals surface area contributed by atoms with Crippen molar-refractivity contribution in [2.24, 2.45) is 4.74 Å². The van der Waals surface area contributed by atoms with Crippen molar-refractivity contribution < 1.29 is 0 Å². The second kappa shape index (κ2) is 11.4. The largest absolute Gasteiger partial charge is 0.294 e. The van der Waals surface area contributed by atoms with Gasteiger partial charge in [0.25, 0.3) is 0 Å². The quantitative estimate of drug-likeness (QED) is 0.196. The summed E-state index contributed by atoms with van der Waals surface area (Å²) in [7, 11) is -2.52. The smallest absolute Gasteiger partial charge is 0.0382 e. The molecule has 0 aliphatic heterocycles. The van der Waals surface area contributed by atoms with E-state index in [1.54, 1.807) is 0 Å². The van der Waals surface area contributed by atoms with E-state index >= 15 is 0 Å². The van der Waals surface area contributed by atoms with Crippen LogP contribution in [-0.2, 0) is 0 Å². The molecule has 0 aliphatic carbocycles. The van der Waals surface area contributed by atoms with Gasteiger partial charge in [0.15, 0.2) is 0 Å². The fourth-order valence-electron chi connectivity index (χ4n) is 4.00. The first-order valence-electron chi connectivity index (χ1n) is 11.4. The Hall–Kier alpha value is -2.46. The summed E-state index contributed by atoms with van der Waals surface area (Å²) in [5.74, 6) is 1.06. The fourth-order valence-corrected chi connectivity index (χ4v) is 12.4. The highest BCUT2D eigenvalue weighted by atomic mass is 31.2. The van der Waals surface area contributed by atoms with Gasteiger partial charge in [-0.3, -0.25) is 4.74 Å². The molecule has 0 bridgehead atoms. The highest BCUT2D eigenvalue weighted by Gasteiger charge is 2.29. The predicted octanol–water partition coefficient (Wildman–Crippen LogP) is 6.73. The molecular weight excluding hydrogens is 424 g/mol. The minimum atomic E-state index is -1.96. The number of rotatable bonds is 9. The lowest BCUT2D eigenvalue weighted by molar-refractivity contribution is 0.813. The highest BCUT2D eigenvalue weighted by molar-refractivity contribution is 7.92. The molecule has 0 saturated carbocycles. The van der Waals surface area contributed by atoms with Crippen LogP contribution in [0.15, 0.2) is 126 Å². The maximum absolute atomic E-state index is 5.60. The van der Waals surface area contributed by atoms with E-state index < -0.39 is 15.0 Å². The summed E-state index contributed by atoms with van der Waals surface area (Å²) in [5.41, 5.74) is 0. The minimum Gasteiger partial charge on any atom is -0.294 e. The lowest BCUT2D eigenvalue weighted by atomic mass is 10.3. The van der Waals surface area contributed by atoms with Gasteiger partial charge in [0.2, 0.25) is 0 Å². The predicted molar refractivity (Wildman–Crippen MR) is 145 cm³/mol. The maximum atomic E-state index is 5.60. The molecule has 32 heavy (non-hydrogen) atoms. The summed E-state index contributed by atoms with van der Waals surface area (Å²) in [4.78, 5) is 0. The van der Waals surface area contributed by atoms with E-state index in [1.165, 1.54) is 27.6 Å². The lowest BCUT2D eigenvalue weighted by Crippen LogP contribution is -2.23. The molecule has 0 aromatic heterocycles. The van der Waals surface area contributed by atoms with Gasteiger partial charge in [-0.2, -0.15) is 0 Å². The van der Waals surface area contributed by atoms with Crippen molar-refractivity contribution in [1.82, 2.24) is 0 Å². The maximum Gasteiger partial charge on any atom is 0.0382 e. The van der Waals surface area contributed by atoms with E-state index in [1.807, 2.05) is 0 Å². The molecule has 4 rings (SSSR count). The summed E-state index contributed by atoms with van der Waals surface area (Å²) in [6.45, 7) is 3.17. The number of benzene rings is 4. The molecule has 0 unspecified atom stereocenters. The van der Waals surface area contributed by atoms with Crippen molar-refractivity contribution in [3.05, 3.63) is 121 Å². The van der Waals surface area contributed by atoms with Crippen LogP contribution >= 0.6 is 15.0 Å². The third kappa shape index (κ3) is 5.29. The first-order valence-corrected chi connectivity index (χ1v) is 14.8. The molecule has 1 nitrogen and oxygen atoms in total. The molecule has 3 heteroatoms. The lowest BCUT2D eigenvalue weighted by Gasteiger charge is -2.31. The van der Waals surface area contributed by atoms with Crippen molar-refractivity contribution in [3.8, 4) is 0 Å². The van der Waals surface area contributed by atoms with Crippen LogP contribution in [0.25, 0.3) is 0 Å². The molecule has 0 spiro atoms. The molecule has 0 N–H and O–H groups in total. The fraction of sp³-hybridized carbons (Fsp3) is 0.172. The van der Waals surface area contributed by atoms with Crippen LogP contribution in [0.3, 0.4) is 0 Å². The zero-order valence-corrected chi connectivity index (χ0v) is 20.5. The Bertz CT molecular complexity index is 1040. The van der Waals surface area contributed by atoms with Crippen molar-refractivity contribution in [2.45, 2.75) is 19.8 Å². The Morgan fingerprint density at radius 3 is 1.41 bits per heavy atom. The summed E-state index contributed by atoms with van der Waals surface area (Å²) in [6.07, 6.45) is 2.30. The first-order chi connectivity index (χ1) is 15.8. The van der Waals surface area contributed by atoms with E-state index in [9.17, 15) is 0 Å². The van der Waals surface area contributed by atoms with Gasteiger partial charge in [-0.25, -0.2) is 0 Å². The van der Waals surface area contributed by atoms with Crippen LogP contribution in [0, 0.1) is 0 Å². The summed E-state index contributed by atoms with van der Waals surface area (Å²) >= 11 is 0. The number of hydrogen-bond acceptors (Lipinski definition) is 1. The van der Waals surface area contributed by atoms with Gasteiger partial charge < -0.3 is 0 Å². The van der Waals surface area contributed by atoms with E-state index in [2.05, 4.69) is 128 Å². The summed E-state index contributed by atoms with van der Waals surface area (Å²) in [6, 6.07) is 44.3. The van der Waals surface area contributed by atoms with Gasteiger partial charge in [0.1, 0.15) is 0 Å². The van der Waals surface area contributed by atoms with Gasteiger partial charge in [-0.15, -0.1) is 0 Å². The number of hydrogen-bond donors (Lipinski definition) is 0.